The van der Waals surface area contributed by atoms with Gasteiger partial charge in [-0.15, -0.1) is 0 Å². The molecule has 0 saturated carbocycles. The van der Waals surface area contributed by atoms with Crippen molar-refractivity contribution in [3.05, 3.63) is 70.8 Å². The van der Waals surface area contributed by atoms with Gasteiger partial charge in [0.15, 0.2) is 0 Å². The zero-order valence-electron chi connectivity index (χ0n) is 14.9. The Morgan fingerprint density at radius 2 is 0.964 bits per heavy atom. The van der Waals surface area contributed by atoms with Gasteiger partial charge in [0.05, 0.1) is 23.2 Å². The monoisotopic (exact) mass is 404 g/mol. The van der Waals surface area contributed by atoms with Crippen molar-refractivity contribution in [2.24, 2.45) is 0 Å². The molecule has 2 aromatic carbocycles. The van der Waals surface area contributed by atoms with Crippen LogP contribution >= 0.6 is 0 Å². The van der Waals surface area contributed by atoms with Gasteiger partial charge in [0.2, 0.25) is 0 Å². The molecule has 152 valence electrons. The third-order valence-electron chi connectivity index (χ3n) is 4.17. The Kier molecular flexibility index (Phi) is 6.26. The smallest absolute Gasteiger partial charge is 0.332 e. The Labute approximate surface area is 157 Å². The van der Waals surface area contributed by atoms with Crippen LogP contribution in [0.15, 0.2) is 48.5 Å². The maximum Gasteiger partial charge on any atom is 0.416 e. The van der Waals surface area contributed by atoms with Crippen LogP contribution in [0.3, 0.4) is 0 Å². The molecule has 2 unspecified atom stereocenters. The summed E-state index contributed by atoms with van der Waals surface area (Å²) in [5.41, 5.74) is -0.622. The normalized spacial score (nSPS) is 14.3. The van der Waals surface area contributed by atoms with Crippen LogP contribution in [0, 0.1) is 0 Å². The molecule has 0 heterocycles. The second kappa shape index (κ2) is 8.12. The molecule has 0 aliphatic rings. The van der Waals surface area contributed by atoms with Crippen molar-refractivity contribution in [1.29, 1.82) is 0 Å². The van der Waals surface area contributed by atoms with Gasteiger partial charge in [0, 0.05) is 0 Å². The molecular formula is C19H18F6N2O. The number of hydrogen-bond donors (Lipinski definition) is 2. The molecule has 0 saturated heterocycles. The van der Waals surface area contributed by atoms with E-state index in [0.717, 1.165) is 24.3 Å². The van der Waals surface area contributed by atoms with E-state index in [4.69, 9.17) is 0 Å². The fourth-order valence-corrected chi connectivity index (χ4v) is 2.52. The predicted molar refractivity (Wildman–Crippen MR) is 91.4 cm³/mol. The molecule has 0 aliphatic heterocycles. The van der Waals surface area contributed by atoms with E-state index in [1.165, 1.54) is 24.3 Å². The second-order valence-corrected chi connectivity index (χ2v) is 6.30. The SMILES string of the molecule is CC(NC(=O)NC(C)c1ccc(C(F)(F)F)cc1)c1ccc(C(F)(F)F)cc1. The first-order valence-electron chi connectivity index (χ1n) is 8.29. The number of benzene rings is 2. The largest absolute Gasteiger partial charge is 0.416 e. The van der Waals surface area contributed by atoms with Crippen LogP contribution in [-0.4, -0.2) is 6.03 Å². The van der Waals surface area contributed by atoms with Gasteiger partial charge in [-0.2, -0.15) is 26.3 Å². The topological polar surface area (TPSA) is 41.1 Å². The van der Waals surface area contributed by atoms with E-state index in [0.29, 0.717) is 11.1 Å². The van der Waals surface area contributed by atoms with Crippen molar-refractivity contribution in [2.45, 2.75) is 38.3 Å². The highest BCUT2D eigenvalue weighted by molar-refractivity contribution is 5.75. The summed E-state index contributed by atoms with van der Waals surface area (Å²) in [6, 6.07) is 7.06. The Morgan fingerprint density at radius 1 is 0.679 bits per heavy atom. The molecule has 0 aliphatic carbocycles. The maximum absolute atomic E-state index is 12.6. The maximum atomic E-state index is 12.6. The molecule has 0 spiro atoms. The zero-order chi connectivity index (χ0) is 21.1. The van der Waals surface area contributed by atoms with Crippen molar-refractivity contribution in [3.63, 3.8) is 0 Å². The van der Waals surface area contributed by atoms with E-state index < -0.39 is 41.6 Å². The van der Waals surface area contributed by atoms with Crippen LogP contribution in [0.2, 0.25) is 0 Å². The molecule has 0 radical (unpaired) electrons. The van der Waals surface area contributed by atoms with Crippen molar-refractivity contribution in [3.8, 4) is 0 Å². The fourth-order valence-electron chi connectivity index (χ4n) is 2.52. The van der Waals surface area contributed by atoms with Crippen LogP contribution in [0.25, 0.3) is 0 Å². The number of rotatable bonds is 4. The minimum absolute atomic E-state index is 0.477. The third kappa shape index (κ3) is 5.64. The average molecular weight is 404 g/mol. The molecule has 2 amide bonds. The first-order valence-corrected chi connectivity index (χ1v) is 8.29. The molecule has 2 rings (SSSR count). The number of nitrogens with one attached hydrogen (secondary N) is 2. The van der Waals surface area contributed by atoms with E-state index in [2.05, 4.69) is 10.6 Å². The van der Waals surface area contributed by atoms with Gasteiger partial charge in [-0.25, -0.2) is 4.79 Å². The number of alkyl halides is 6. The van der Waals surface area contributed by atoms with Crippen molar-refractivity contribution < 1.29 is 31.1 Å². The molecular weight excluding hydrogens is 386 g/mol. The molecule has 0 fully saturated rings. The van der Waals surface area contributed by atoms with Crippen LogP contribution in [0.4, 0.5) is 31.1 Å². The summed E-state index contributed by atoms with van der Waals surface area (Å²) in [5, 5.41) is 5.16. The molecule has 9 heteroatoms. The summed E-state index contributed by atoms with van der Waals surface area (Å²) < 4.78 is 75.5. The first kappa shape index (κ1) is 21.6. The molecule has 3 nitrogen and oxygen atoms in total. The van der Waals surface area contributed by atoms with Crippen molar-refractivity contribution >= 4 is 6.03 Å². The second-order valence-electron chi connectivity index (χ2n) is 6.30. The van der Waals surface area contributed by atoms with E-state index in [9.17, 15) is 31.1 Å². The first-order chi connectivity index (χ1) is 12.9. The predicted octanol–water partition coefficient (Wildman–Crippen LogP) is 5.85. The number of hydrogen-bond acceptors (Lipinski definition) is 1. The summed E-state index contributed by atoms with van der Waals surface area (Å²) in [6.07, 6.45) is -8.88. The highest BCUT2D eigenvalue weighted by Gasteiger charge is 2.31. The Morgan fingerprint density at radius 3 is 1.21 bits per heavy atom. The molecule has 2 atom stereocenters. The summed E-state index contributed by atoms with van der Waals surface area (Å²) >= 11 is 0. The minimum atomic E-state index is -4.44. The van der Waals surface area contributed by atoms with E-state index in [1.807, 2.05) is 0 Å². The molecule has 2 N–H and O–H groups in total. The molecule has 0 aromatic heterocycles. The quantitative estimate of drug-likeness (QED) is 0.617. The zero-order valence-corrected chi connectivity index (χ0v) is 14.9. The van der Waals surface area contributed by atoms with Crippen molar-refractivity contribution in [1.82, 2.24) is 10.6 Å². The minimum Gasteiger partial charge on any atom is -0.332 e. The summed E-state index contributed by atoms with van der Waals surface area (Å²) in [5.74, 6) is 0. The lowest BCUT2D eigenvalue weighted by Crippen LogP contribution is -2.38. The number of urea groups is 1. The number of carbonyl (C=O) groups is 1. The van der Waals surface area contributed by atoms with Gasteiger partial charge in [-0.1, -0.05) is 24.3 Å². The van der Waals surface area contributed by atoms with Crippen LogP contribution in [0.5, 0.6) is 0 Å². The van der Waals surface area contributed by atoms with Crippen LogP contribution in [-0.2, 0) is 12.4 Å². The highest BCUT2D eigenvalue weighted by atomic mass is 19.4. The van der Waals surface area contributed by atoms with Gasteiger partial charge in [0.1, 0.15) is 0 Å². The lowest BCUT2D eigenvalue weighted by molar-refractivity contribution is -0.138. The van der Waals surface area contributed by atoms with Gasteiger partial charge < -0.3 is 10.6 Å². The fraction of sp³-hybridized carbons (Fsp3) is 0.316. The summed E-state index contributed by atoms with van der Waals surface area (Å²) in [4.78, 5) is 12.1. The Bertz CT molecular complexity index is 730. The van der Waals surface area contributed by atoms with Crippen LogP contribution < -0.4 is 10.6 Å². The van der Waals surface area contributed by atoms with E-state index in [-0.39, 0.29) is 0 Å². The highest BCUT2D eigenvalue weighted by Crippen LogP contribution is 2.31. The number of amides is 2. The summed E-state index contributed by atoms with van der Waals surface area (Å²) in [7, 11) is 0. The van der Waals surface area contributed by atoms with Crippen LogP contribution in [0.1, 0.15) is 48.2 Å². The standard InChI is InChI=1S/C19H18F6N2O/c1-11(13-3-7-15(8-4-13)18(20,21)22)26-17(28)27-12(2)14-5-9-16(10-6-14)19(23,24)25/h3-12H,1-2H3,(H2,26,27,28). The number of carbonyl (C=O) groups excluding carboxylic acids is 1. The average Bonchev–Trinajstić information content (AvgIpc) is 2.60. The Balaban J connectivity index is 1.95. The van der Waals surface area contributed by atoms with Gasteiger partial charge in [0.25, 0.3) is 0 Å². The number of halogens is 6. The van der Waals surface area contributed by atoms with Gasteiger partial charge >= 0.3 is 18.4 Å². The Hall–Kier alpha value is -2.71. The van der Waals surface area contributed by atoms with E-state index >= 15 is 0 Å². The van der Waals surface area contributed by atoms with Crippen molar-refractivity contribution in [2.75, 3.05) is 0 Å². The van der Waals surface area contributed by atoms with E-state index in [1.54, 1.807) is 13.8 Å². The molecule has 0 bridgehead atoms. The van der Waals surface area contributed by atoms with Gasteiger partial charge in [-0.05, 0) is 49.2 Å². The lowest BCUT2D eigenvalue weighted by atomic mass is 10.1. The summed E-state index contributed by atoms with van der Waals surface area (Å²) in [6.45, 7) is 3.20. The molecule has 2 aromatic rings. The van der Waals surface area contributed by atoms with Gasteiger partial charge in [-0.3, -0.25) is 0 Å². The third-order valence-corrected chi connectivity index (χ3v) is 4.17. The lowest BCUT2D eigenvalue weighted by Gasteiger charge is -2.19. The molecule has 28 heavy (non-hydrogen) atoms.